The van der Waals surface area contributed by atoms with Gasteiger partial charge in [-0.1, -0.05) is 12.1 Å². The van der Waals surface area contributed by atoms with Crippen LogP contribution in [0.15, 0.2) is 30.6 Å². The van der Waals surface area contributed by atoms with Gasteiger partial charge in [-0.3, -0.25) is 0 Å². The molecule has 5 heteroatoms. The van der Waals surface area contributed by atoms with E-state index in [1.54, 1.807) is 22.8 Å². The van der Waals surface area contributed by atoms with Gasteiger partial charge in [-0.2, -0.15) is 15.8 Å². The zero-order valence-corrected chi connectivity index (χ0v) is 9.33. The second-order valence-corrected chi connectivity index (χ2v) is 3.61. The zero-order valence-electron chi connectivity index (χ0n) is 9.33. The van der Waals surface area contributed by atoms with E-state index >= 15 is 0 Å². The molecule has 84 valence electrons. The van der Waals surface area contributed by atoms with Gasteiger partial charge in [0, 0.05) is 6.54 Å². The third-order valence-corrected chi connectivity index (χ3v) is 2.46. The van der Waals surface area contributed by atoms with Gasteiger partial charge >= 0.3 is 0 Å². The van der Waals surface area contributed by atoms with Crippen molar-refractivity contribution in [1.82, 2.24) is 9.55 Å². The lowest BCUT2D eigenvalue weighted by Crippen LogP contribution is -2.01. The summed E-state index contributed by atoms with van der Waals surface area (Å²) in [7, 11) is 0. The minimum Gasteiger partial charge on any atom is -0.317 e. The average Bonchev–Trinajstić information content (AvgIpc) is 2.80. The predicted octanol–water partition coefficient (Wildman–Crippen LogP) is 1.55. The maximum atomic E-state index is 8.98. The molecular weight excluding hydrogens is 226 g/mol. The van der Waals surface area contributed by atoms with Crippen molar-refractivity contribution in [3.63, 3.8) is 0 Å². The maximum absolute atomic E-state index is 8.98. The van der Waals surface area contributed by atoms with Crippen molar-refractivity contribution in [2.45, 2.75) is 6.54 Å². The Balaban J connectivity index is 2.36. The zero-order chi connectivity index (χ0) is 13.0. The van der Waals surface area contributed by atoms with Gasteiger partial charge in [0.15, 0.2) is 11.4 Å². The molecule has 0 spiro atoms. The highest BCUT2D eigenvalue weighted by Crippen LogP contribution is 2.10. The van der Waals surface area contributed by atoms with E-state index in [1.165, 1.54) is 6.33 Å². The minimum absolute atomic E-state index is 0.119. The molecule has 0 N–H and O–H groups in total. The summed E-state index contributed by atoms with van der Waals surface area (Å²) in [6.45, 7) is 0.410. The second kappa shape index (κ2) is 4.82. The summed E-state index contributed by atoms with van der Waals surface area (Å²) in [5, 5.41) is 26.6. The van der Waals surface area contributed by atoms with Crippen LogP contribution >= 0.6 is 0 Å². The van der Waals surface area contributed by atoms with Crippen molar-refractivity contribution in [3.05, 3.63) is 53.1 Å². The average molecular weight is 233 g/mol. The van der Waals surface area contributed by atoms with E-state index in [0.717, 1.165) is 5.56 Å². The first kappa shape index (κ1) is 11.4. The third-order valence-electron chi connectivity index (χ3n) is 2.46. The quantitative estimate of drug-likeness (QED) is 0.786. The van der Waals surface area contributed by atoms with Crippen molar-refractivity contribution in [3.8, 4) is 18.2 Å². The number of nitrogens with zero attached hydrogens (tertiary/aromatic N) is 5. The second-order valence-electron chi connectivity index (χ2n) is 3.61. The van der Waals surface area contributed by atoms with E-state index in [0.29, 0.717) is 12.1 Å². The molecule has 0 amide bonds. The van der Waals surface area contributed by atoms with E-state index in [9.17, 15) is 0 Å². The van der Waals surface area contributed by atoms with Gasteiger partial charge in [0.1, 0.15) is 12.1 Å². The van der Waals surface area contributed by atoms with Crippen LogP contribution in [0, 0.1) is 34.0 Å². The van der Waals surface area contributed by atoms with Crippen LogP contribution in [0.25, 0.3) is 0 Å². The van der Waals surface area contributed by atoms with Gasteiger partial charge in [0.25, 0.3) is 0 Å². The molecule has 0 bridgehead atoms. The topological polar surface area (TPSA) is 89.2 Å². The number of benzene rings is 1. The van der Waals surface area contributed by atoms with E-state index in [4.69, 9.17) is 15.8 Å². The summed E-state index contributed by atoms with van der Waals surface area (Å²) in [5.74, 6) is 0. The maximum Gasteiger partial charge on any atom is 0.176 e. The summed E-state index contributed by atoms with van der Waals surface area (Å²) in [5.41, 5.74) is 1.80. The molecule has 0 saturated carbocycles. The van der Waals surface area contributed by atoms with Gasteiger partial charge in [-0.05, 0) is 17.7 Å². The Kier molecular flexibility index (Phi) is 3.05. The Morgan fingerprint density at radius 3 is 2.61 bits per heavy atom. The molecule has 5 nitrogen and oxygen atoms in total. The van der Waals surface area contributed by atoms with Crippen molar-refractivity contribution in [2.75, 3.05) is 0 Å². The first-order valence-electron chi connectivity index (χ1n) is 5.13. The lowest BCUT2D eigenvalue weighted by molar-refractivity contribution is 0.785. The van der Waals surface area contributed by atoms with Crippen molar-refractivity contribution < 1.29 is 0 Å². The van der Waals surface area contributed by atoms with Crippen LogP contribution in [0.1, 0.15) is 22.5 Å². The van der Waals surface area contributed by atoms with E-state index in [1.807, 2.05) is 18.2 Å². The van der Waals surface area contributed by atoms with Gasteiger partial charge in [0.2, 0.25) is 0 Å². The van der Waals surface area contributed by atoms with E-state index < -0.39 is 0 Å². The van der Waals surface area contributed by atoms with Crippen molar-refractivity contribution in [2.24, 2.45) is 0 Å². The molecule has 2 rings (SSSR count). The van der Waals surface area contributed by atoms with Crippen LogP contribution in [0.3, 0.4) is 0 Å². The number of hydrogen-bond acceptors (Lipinski definition) is 4. The molecule has 0 atom stereocenters. The lowest BCUT2D eigenvalue weighted by Gasteiger charge is -2.04. The highest BCUT2D eigenvalue weighted by Gasteiger charge is 2.10. The molecule has 0 fully saturated rings. The van der Waals surface area contributed by atoms with Crippen LogP contribution in [0.5, 0.6) is 0 Å². The highest BCUT2D eigenvalue weighted by atomic mass is 15.1. The van der Waals surface area contributed by atoms with Crippen LogP contribution < -0.4 is 0 Å². The van der Waals surface area contributed by atoms with Gasteiger partial charge in [0.05, 0.1) is 18.0 Å². The van der Waals surface area contributed by atoms with Crippen LogP contribution in [-0.2, 0) is 6.54 Å². The SMILES string of the molecule is N#Cc1cccc(Cn2cnc(C#N)c2C#N)c1. The summed E-state index contributed by atoms with van der Waals surface area (Å²) in [6.07, 6.45) is 1.45. The fourth-order valence-electron chi connectivity index (χ4n) is 1.64. The number of aromatic nitrogens is 2. The Bertz CT molecular complexity index is 706. The summed E-state index contributed by atoms with van der Waals surface area (Å²) < 4.78 is 1.59. The number of hydrogen-bond donors (Lipinski definition) is 0. The Hall–Kier alpha value is -3.10. The first-order chi connectivity index (χ1) is 8.78. The first-order valence-corrected chi connectivity index (χ1v) is 5.13. The Morgan fingerprint density at radius 1 is 1.11 bits per heavy atom. The van der Waals surface area contributed by atoms with Gasteiger partial charge in [-0.15, -0.1) is 0 Å². The van der Waals surface area contributed by atoms with Crippen molar-refractivity contribution >= 4 is 0 Å². The molecular formula is C13H7N5. The molecule has 0 unspecified atom stereocenters. The molecule has 2 aromatic rings. The molecule has 1 aromatic heterocycles. The largest absolute Gasteiger partial charge is 0.317 e. The fourth-order valence-corrected chi connectivity index (χ4v) is 1.64. The Morgan fingerprint density at radius 2 is 1.94 bits per heavy atom. The fraction of sp³-hybridized carbons (Fsp3) is 0.0769. The van der Waals surface area contributed by atoms with E-state index in [2.05, 4.69) is 11.1 Å². The van der Waals surface area contributed by atoms with Crippen LogP contribution in [-0.4, -0.2) is 9.55 Å². The molecule has 0 aliphatic carbocycles. The Labute approximate surface area is 104 Å². The van der Waals surface area contributed by atoms with Crippen LogP contribution in [0.2, 0.25) is 0 Å². The smallest absolute Gasteiger partial charge is 0.176 e. The minimum atomic E-state index is 0.119. The summed E-state index contributed by atoms with van der Waals surface area (Å²) in [4.78, 5) is 3.86. The van der Waals surface area contributed by atoms with Gasteiger partial charge in [-0.25, -0.2) is 4.98 Å². The molecule has 0 aliphatic rings. The molecule has 0 radical (unpaired) electrons. The van der Waals surface area contributed by atoms with Crippen molar-refractivity contribution in [1.29, 1.82) is 15.8 Å². The summed E-state index contributed by atoms with van der Waals surface area (Å²) in [6, 6.07) is 13.0. The molecule has 1 heterocycles. The normalized spacial score (nSPS) is 9.17. The molecule has 1 aromatic carbocycles. The standard InChI is InChI=1S/C13H7N5/c14-5-10-2-1-3-11(4-10)8-18-9-17-12(6-15)13(18)7-16/h1-4,9H,8H2. The number of rotatable bonds is 2. The predicted molar refractivity (Wildman–Crippen MR) is 61.9 cm³/mol. The third kappa shape index (κ3) is 2.04. The number of nitriles is 3. The molecule has 18 heavy (non-hydrogen) atoms. The summed E-state index contributed by atoms with van der Waals surface area (Å²) >= 11 is 0. The monoisotopic (exact) mass is 233 g/mol. The highest BCUT2D eigenvalue weighted by molar-refractivity contribution is 5.38. The van der Waals surface area contributed by atoms with E-state index in [-0.39, 0.29) is 11.4 Å². The molecule has 0 saturated heterocycles. The number of imidazole rings is 1. The lowest BCUT2D eigenvalue weighted by atomic mass is 10.1. The molecule has 0 aliphatic heterocycles. The van der Waals surface area contributed by atoms with Gasteiger partial charge < -0.3 is 4.57 Å². The van der Waals surface area contributed by atoms with Crippen LogP contribution in [0.4, 0.5) is 0 Å².